The Kier molecular flexibility index (Phi) is 7.99. The number of nitrogens with zero attached hydrogens (tertiary/aromatic N) is 1. The van der Waals surface area contributed by atoms with Gasteiger partial charge in [-0.25, -0.2) is 4.39 Å². The smallest absolute Gasteiger partial charge is 0.127 e. The Balaban J connectivity index is 1.17. The van der Waals surface area contributed by atoms with Crippen LogP contribution < -0.4 is 14.8 Å². The van der Waals surface area contributed by atoms with Crippen molar-refractivity contribution >= 4 is 5.69 Å². The number of hydrogen-bond donors (Lipinski definition) is 1. The molecule has 0 atom stereocenters. The Morgan fingerprint density at radius 3 is 2.06 bits per heavy atom. The summed E-state index contributed by atoms with van der Waals surface area (Å²) in [4.78, 5) is 2.54. The lowest BCUT2D eigenvalue weighted by Crippen LogP contribution is -2.31. The summed E-state index contributed by atoms with van der Waals surface area (Å²) in [6.45, 7) is 5.11. The number of benzene rings is 3. The summed E-state index contributed by atoms with van der Waals surface area (Å²) < 4.78 is 24.6. The lowest BCUT2D eigenvalue weighted by molar-refractivity contribution is 0.205. The van der Waals surface area contributed by atoms with Crippen molar-refractivity contribution in [3.63, 3.8) is 0 Å². The summed E-state index contributed by atoms with van der Waals surface area (Å²) in [6.07, 6.45) is 5.13. The molecule has 5 heteroatoms. The van der Waals surface area contributed by atoms with Crippen molar-refractivity contribution in [1.82, 2.24) is 4.90 Å². The third kappa shape index (κ3) is 6.99. The molecule has 1 N–H and O–H groups in total. The van der Waals surface area contributed by atoms with Crippen LogP contribution in [0.15, 0.2) is 72.8 Å². The van der Waals surface area contributed by atoms with Crippen molar-refractivity contribution in [2.75, 3.05) is 31.6 Å². The van der Waals surface area contributed by atoms with Gasteiger partial charge >= 0.3 is 0 Å². The molecule has 0 amide bonds. The van der Waals surface area contributed by atoms with E-state index in [1.54, 1.807) is 12.1 Å². The molecule has 1 fully saturated rings. The quantitative estimate of drug-likeness (QED) is 0.370. The minimum absolute atomic E-state index is 0.274. The fourth-order valence-corrected chi connectivity index (χ4v) is 3.85. The summed E-state index contributed by atoms with van der Waals surface area (Å²) in [5.41, 5.74) is 2.20. The molecule has 0 radical (unpaired) electrons. The van der Waals surface area contributed by atoms with Crippen LogP contribution >= 0.6 is 0 Å². The van der Waals surface area contributed by atoms with E-state index in [0.29, 0.717) is 11.5 Å². The molecule has 0 bridgehead atoms. The molecular weight excluding hydrogens is 403 g/mol. The summed E-state index contributed by atoms with van der Waals surface area (Å²) in [6, 6.07) is 22.0. The minimum Gasteiger partial charge on any atom is -0.494 e. The lowest BCUT2D eigenvalue weighted by Gasteiger charge is -2.26. The Hall–Kier alpha value is -3.05. The molecule has 0 aliphatic carbocycles. The zero-order valence-electron chi connectivity index (χ0n) is 18.4. The number of anilines is 1. The van der Waals surface area contributed by atoms with Gasteiger partial charge in [-0.3, -0.25) is 0 Å². The highest BCUT2D eigenvalue weighted by Gasteiger charge is 2.09. The number of ether oxygens (including phenoxy) is 2. The van der Waals surface area contributed by atoms with Crippen molar-refractivity contribution < 1.29 is 13.9 Å². The highest BCUT2D eigenvalue weighted by Crippen LogP contribution is 2.23. The van der Waals surface area contributed by atoms with Gasteiger partial charge < -0.3 is 19.7 Å². The molecule has 0 saturated carbocycles. The molecule has 168 valence electrons. The molecule has 0 aromatic heterocycles. The Morgan fingerprint density at radius 1 is 0.750 bits per heavy atom. The van der Waals surface area contributed by atoms with Gasteiger partial charge in [0.1, 0.15) is 23.1 Å². The second-order valence-electron chi connectivity index (χ2n) is 8.18. The normalized spacial score (nSPS) is 14.2. The van der Waals surface area contributed by atoms with Gasteiger partial charge in [0.2, 0.25) is 0 Å². The van der Waals surface area contributed by atoms with E-state index < -0.39 is 0 Å². The predicted molar refractivity (Wildman–Crippen MR) is 127 cm³/mol. The molecule has 4 nitrogen and oxygen atoms in total. The van der Waals surface area contributed by atoms with Gasteiger partial charge in [0.25, 0.3) is 0 Å². The van der Waals surface area contributed by atoms with Gasteiger partial charge in [-0.1, -0.05) is 18.6 Å². The highest BCUT2D eigenvalue weighted by atomic mass is 19.1. The van der Waals surface area contributed by atoms with Gasteiger partial charge in [-0.05, 0) is 98.6 Å². The van der Waals surface area contributed by atoms with E-state index in [2.05, 4.69) is 22.3 Å². The molecule has 4 rings (SSSR count). The van der Waals surface area contributed by atoms with E-state index in [0.717, 1.165) is 37.6 Å². The van der Waals surface area contributed by atoms with Crippen LogP contribution in [0.5, 0.6) is 17.2 Å². The van der Waals surface area contributed by atoms with Crippen molar-refractivity contribution in [2.45, 2.75) is 32.2 Å². The molecule has 3 aromatic rings. The van der Waals surface area contributed by atoms with Crippen LogP contribution in [0.1, 0.15) is 31.2 Å². The Labute approximate surface area is 190 Å². The number of rotatable bonds is 10. The zero-order valence-corrected chi connectivity index (χ0v) is 18.4. The van der Waals surface area contributed by atoms with Crippen LogP contribution in [-0.4, -0.2) is 31.1 Å². The largest absolute Gasteiger partial charge is 0.494 e. The maximum Gasteiger partial charge on any atom is 0.127 e. The van der Waals surface area contributed by atoms with E-state index in [9.17, 15) is 4.39 Å². The fourth-order valence-electron chi connectivity index (χ4n) is 3.85. The Morgan fingerprint density at radius 2 is 1.38 bits per heavy atom. The molecule has 3 aromatic carbocycles. The molecule has 1 aliphatic heterocycles. The van der Waals surface area contributed by atoms with Crippen molar-refractivity contribution in [1.29, 1.82) is 0 Å². The van der Waals surface area contributed by atoms with Crippen molar-refractivity contribution in [3.05, 3.63) is 84.2 Å². The maximum atomic E-state index is 13.0. The number of halogens is 1. The molecular formula is C27H31FN2O2. The van der Waals surface area contributed by atoms with Crippen molar-refractivity contribution in [2.24, 2.45) is 0 Å². The predicted octanol–water partition coefficient (Wildman–Crippen LogP) is 6.48. The molecule has 0 unspecified atom stereocenters. The van der Waals surface area contributed by atoms with Gasteiger partial charge in [0.15, 0.2) is 0 Å². The summed E-state index contributed by atoms with van der Waals surface area (Å²) in [7, 11) is 0. The second kappa shape index (κ2) is 11.5. The van der Waals surface area contributed by atoms with Crippen LogP contribution in [0, 0.1) is 5.82 Å². The molecule has 1 saturated heterocycles. The molecule has 32 heavy (non-hydrogen) atoms. The van der Waals surface area contributed by atoms with Gasteiger partial charge in [0, 0.05) is 18.8 Å². The average Bonchev–Trinajstić information content (AvgIpc) is 2.84. The third-order valence-electron chi connectivity index (χ3n) is 5.66. The van der Waals surface area contributed by atoms with Gasteiger partial charge in [-0.15, -0.1) is 0 Å². The van der Waals surface area contributed by atoms with Gasteiger partial charge in [-0.2, -0.15) is 0 Å². The maximum absolute atomic E-state index is 13.0. The highest BCUT2D eigenvalue weighted by molar-refractivity contribution is 5.47. The first-order valence-electron chi connectivity index (χ1n) is 11.5. The molecule has 1 heterocycles. The van der Waals surface area contributed by atoms with Crippen LogP contribution in [0.25, 0.3) is 0 Å². The summed E-state index contributed by atoms with van der Waals surface area (Å²) in [5, 5.41) is 3.42. The van der Waals surface area contributed by atoms with E-state index in [1.807, 2.05) is 36.4 Å². The third-order valence-corrected chi connectivity index (χ3v) is 5.66. The first-order valence-corrected chi connectivity index (χ1v) is 11.5. The summed E-state index contributed by atoms with van der Waals surface area (Å²) in [5.74, 6) is 1.98. The molecule has 0 spiro atoms. The van der Waals surface area contributed by atoms with Crippen LogP contribution in [-0.2, 0) is 6.54 Å². The first-order chi connectivity index (χ1) is 15.7. The topological polar surface area (TPSA) is 33.7 Å². The standard InChI is InChI=1S/C27H31FN2O2/c28-23-7-13-26(14-8-23)32-27-15-9-24(10-16-27)29-21-22-5-11-25(12-6-22)31-20-4-19-30-17-2-1-3-18-30/h5-16,29H,1-4,17-21H2. The van der Waals surface area contributed by atoms with Gasteiger partial charge in [0.05, 0.1) is 6.61 Å². The number of piperidine rings is 1. The van der Waals surface area contributed by atoms with Crippen LogP contribution in [0.2, 0.25) is 0 Å². The monoisotopic (exact) mass is 434 g/mol. The zero-order chi connectivity index (χ0) is 22.0. The van der Waals surface area contributed by atoms with Crippen LogP contribution in [0.3, 0.4) is 0 Å². The average molecular weight is 435 g/mol. The van der Waals surface area contributed by atoms with E-state index in [1.165, 1.54) is 50.0 Å². The number of hydrogen-bond acceptors (Lipinski definition) is 4. The number of nitrogens with one attached hydrogen (secondary N) is 1. The SMILES string of the molecule is Fc1ccc(Oc2ccc(NCc3ccc(OCCCN4CCCCC4)cc3)cc2)cc1. The van der Waals surface area contributed by atoms with E-state index in [4.69, 9.17) is 9.47 Å². The first kappa shape index (κ1) is 22.2. The fraction of sp³-hybridized carbons (Fsp3) is 0.333. The number of likely N-dealkylation sites (tertiary alicyclic amines) is 1. The summed E-state index contributed by atoms with van der Waals surface area (Å²) >= 11 is 0. The minimum atomic E-state index is -0.274. The molecule has 1 aliphatic rings. The van der Waals surface area contributed by atoms with Crippen LogP contribution in [0.4, 0.5) is 10.1 Å². The van der Waals surface area contributed by atoms with E-state index in [-0.39, 0.29) is 5.82 Å². The van der Waals surface area contributed by atoms with Crippen molar-refractivity contribution in [3.8, 4) is 17.2 Å². The van der Waals surface area contributed by atoms with E-state index >= 15 is 0 Å². The second-order valence-corrected chi connectivity index (χ2v) is 8.18. The Bertz CT molecular complexity index is 937. The lowest BCUT2D eigenvalue weighted by atomic mass is 10.1.